The molecule has 1 rings (SSSR count). The van der Waals surface area contributed by atoms with Crippen LogP contribution in [-0.4, -0.2) is 49.7 Å². The molecule has 1 aliphatic heterocycles. The second-order valence-corrected chi connectivity index (χ2v) is 6.43. The molecule has 1 heterocycles. The predicted octanol–water partition coefficient (Wildman–Crippen LogP) is 2.16. The fraction of sp³-hybridized carbons (Fsp3) is 0.938. The van der Waals surface area contributed by atoms with Crippen molar-refractivity contribution in [1.29, 1.82) is 0 Å². The minimum Gasteiger partial charge on any atom is -0.463 e. The van der Waals surface area contributed by atoms with Gasteiger partial charge in [-0.05, 0) is 12.8 Å². The molecule has 1 saturated heterocycles. The Bertz CT molecular complexity index is 359. The standard InChI is InChI=1S/C16H30O5/c1-7-15(4)12(9-17)21-13(10-20-11(3)18)16(5,8-2)14(15)19-6/h12-14,17H,7-10H2,1-6H3/t12-,13+,14-,15-,16+/m1/s1. The Morgan fingerprint density at radius 2 is 1.71 bits per heavy atom. The molecule has 0 aliphatic carbocycles. The topological polar surface area (TPSA) is 65.0 Å². The van der Waals surface area contributed by atoms with Crippen LogP contribution in [0.25, 0.3) is 0 Å². The van der Waals surface area contributed by atoms with E-state index in [4.69, 9.17) is 14.2 Å². The summed E-state index contributed by atoms with van der Waals surface area (Å²) in [6.07, 6.45) is 0.991. The molecule has 0 aromatic rings. The highest BCUT2D eigenvalue weighted by Gasteiger charge is 2.58. The largest absolute Gasteiger partial charge is 0.463 e. The minimum atomic E-state index is -0.326. The van der Waals surface area contributed by atoms with Crippen molar-refractivity contribution in [2.24, 2.45) is 10.8 Å². The molecular weight excluding hydrogens is 272 g/mol. The molecule has 5 nitrogen and oxygen atoms in total. The maximum Gasteiger partial charge on any atom is 0.302 e. The van der Waals surface area contributed by atoms with Crippen LogP contribution < -0.4 is 0 Å². The van der Waals surface area contributed by atoms with Gasteiger partial charge in [0.1, 0.15) is 6.61 Å². The van der Waals surface area contributed by atoms with Crippen molar-refractivity contribution in [2.75, 3.05) is 20.3 Å². The second-order valence-electron chi connectivity index (χ2n) is 6.43. The van der Waals surface area contributed by atoms with Gasteiger partial charge in [0, 0.05) is 24.9 Å². The molecule has 0 aromatic carbocycles. The quantitative estimate of drug-likeness (QED) is 0.762. The van der Waals surface area contributed by atoms with Gasteiger partial charge in [0.05, 0.1) is 24.9 Å². The third-order valence-corrected chi connectivity index (χ3v) is 5.36. The Hall–Kier alpha value is -0.650. The van der Waals surface area contributed by atoms with Crippen molar-refractivity contribution >= 4 is 5.97 Å². The van der Waals surface area contributed by atoms with Crippen molar-refractivity contribution in [1.82, 2.24) is 0 Å². The normalized spacial score (nSPS) is 40.0. The summed E-state index contributed by atoms with van der Waals surface area (Å²) in [7, 11) is 1.70. The van der Waals surface area contributed by atoms with Crippen LogP contribution in [0.4, 0.5) is 0 Å². The van der Waals surface area contributed by atoms with Crippen molar-refractivity contribution in [3.63, 3.8) is 0 Å². The van der Waals surface area contributed by atoms with Gasteiger partial charge in [-0.1, -0.05) is 27.7 Å². The number of aliphatic hydroxyl groups excluding tert-OH is 1. The van der Waals surface area contributed by atoms with Gasteiger partial charge in [0.25, 0.3) is 0 Å². The number of esters is 1. The van der Waals surface area contributed by atoms with Gasteiger partial charge in [0.15, 0.2) is 0 Å². The van der Waals surface area contributed by atoms with E-state index in [1.54, 1.807) is 7.11 Å². The fourth-order valence-corrected chi connectivity index (χ4v) is 3.64. The number of hydrogen-bond donors (Lipinski definition) is 1. The highest BCUT2D eigenvalue weighted by atomic mass is 16.6. The van der Waals surface area contributed by atoms with Gasteiger partial charge < -0.3 is 19.3 Å². The molecule has 1 aliphatic rings. The number of rotatable bonds is 6. The monoisotopic (exact) mass is 302 g/mol. The first-order valence-electron chi connectivity index (χ1n) is 7.72. The van der Waals surface area contributed by atoms with Crippen LogP contribution in [0.5, 0.6) is 0 Å². The Labute approximate surface area is 128 Å². The Kier molecular flexibility index (Phi) is 6.20. The van der Waals surface area contributed by atoms with Gasteiger partial charge in [-0.2, -0.15) is 0 Å². The summed E-state index contributed by atoms with van der Waals surface area (Å²) in [4.78, 5) is 11.1. The lowest BCUT2D eigenvalue weighted by Crippen LogP contribution is -2.64. The minimum absolute atomic E-state index is 0.0689. The third kappa shape index (κ3) is 3.25. The lowest BCUT2D eigenvalue weighted by Gasteiger charge is -2.57. The van der Waals surface area contributed by atoms with E-state index in [1.807, 2.05) is 0 Å². The van der Waals surface area contributed by atoms with Crippen LogP contribution in [0.2, 0.25) is 0 Å². The van der Waals surface area contributed by atoms with Gasteiger partial charge in [-0.3, -0.25) is 4.79 Å². The molecule has 0 saturated carbocycles. The van der Waals surface area contributed by atoms with Gasteiger partial charge >= 0.3 is 5.97 Å². The van der Waals surface area contributed by atoms with E-state index in [0.717, 1.165) is 12.8 Å². The van der Waals surface area contributed by atoms with Crippen LogP contribution in [0.3, 0.4) is 0 Å². The molecule has 5 atom stereocenters. The zero-order valence-electron chi connectivity index (χ0n) is 14.1. The summed E-state index contributed by atoms with van der Waals surface area (Å²) in [5.41, 5.74) is -0.554. The first-order valence-corrected chi connectivity index (χ1v) is 7.72. The highest BCUT2D eigenvalue weighted by Crippen LogP contribution is 2.51. The van der Waals surface area contributed by atoms with Gasteiger partial charge in [0.2, 0.25) is 0 Å². The maximum absolute atomic E-state index is 11.1. The molecule has 0 unspecified atom stereocenters. The molecule has 0 bridgehead atoms. The molecule has 1 N–H and O–H groups in total. The third-order valence-electron chi connectivity index (χ3n) is 5.36. The molecule has 1 fully saturated rings. The molecule has 0 aromatic heterocycles. The summed E-state index contributed by atoms with van der Waals surface area (Å²) in [5, 5.41) is 9.72. The van der Waals surface area contributed by atoms with Gasteiger partial charge in [-0.15, -0.1) is 0 Å². The van der Waals surface area contributed by atoms with Crippen LogP contribution in [0, 0.1) is 10.8 Å². The maximum atomic E-state index is 11.1. The summed E-state index contributed by atoms with van der Waals surface area (Å²) in [5.74, 6) is -0.324. The average Bonchev–Trinajstić information content (AvgIpc) is 2.46. The molecule has 5 heteroatoms. The molecule has 0 spiro atoms. The summed E-state index contributed by atoms with van der Waals surface area (Å²) >= 11 is 0. The average molecular weight is 302 g/mol. The van der Waals surface area contributed by atoms with E-state index in [9.17, 15) is 9.90 Å². The van der Waals surface area contributed by atoms with Gasteiger partial charge in [-0.25, -0.2) is 0 Å². The Morgan fingerprint density at radius 3 is 2.10 bits per heavy atom. The first-order chi connectivity index (χ1) is 9.79. The number of methoxy groups -OCH3 is 1. The molecule has 0 radical (unpaired) electrons. The lowest BCUT2D eigenvalue weighted by molar-refractivity contribution is -0.272. The molecule has 21 heavy (non-hydrogen) atoms. The number of carbonyl (C=O) groups excluding carboxylic acids is 1. The van der Waals surface area contributed by atoms with Crippen molar-refractivity contribution < 1.29 is 24.1 Å². The predicted molar refractivity (Wildman–Crippen MR) is 80.0 cm³/mol. The smallest absolute Gasteiger partial charge is 0.302 e. The molecular formula is C16H30O5. The number of ether oxygens (including phenoxy) is 3. The zero-order chi connectivity index (χ0) is 16.3. The number of aliphatic hydroxyl groups is 1. The highest BCUT2D eigenvalue weighted by molar-refractivity contribution is 5.65. The lowest BCUT2D eigenvalue weighted by atomic mass is 9.60. The second kappa shape index (κ2) is 7.07. The van der Waals surface area contributed by atoms with Crippen molar-refractivity contribution in [2.45, 2.75) is 65.8 Å². The van der Waals surface area contributed by atoms with E-state index >= 15 is 0 Å². The number of hydrogen-bond acceptors (Lipinski definition) is 5. The van der Waals surface area contributed by atoms with Crippen molar-refractivity contribution in [3.8, 4) is 0 Å². The van der Waals surface area contributed by atoms with E-state index in [2.05, 4.69) is 27.7 Å². The first kappa shape index (κ1) is 18.4. The summed E-state index contributed by atoms with van der Waals surface area (Å²) < 4.78 is 17.1. The SMILES string of the molecule is CC[C@@]1(C)[C@@H](OC)[C@@](C)(CC)[C@H](COC(C)=O)O[C@@H]1CO. The van der Waals surface area contributed by atoms with Crippen LogP contribution >= 0.6 is 0 Å². The van der Waals surface area contributed by atoms with E-state index < -0.39 is 0 Å². The summed E-state index contributed by atoms with van der Waals surface area (Å²) in [6, 6.07) is 0. The molecule has 124 valence electrons. The van der Waals surface area contributed by atoms with Crippen LogP contribution in [0.1, 0.15) is 47.5 Å². The number of carbonyl (C=O) groups is 1. The van der Waals surface area contributed by atoms with E-state index in [0.29, 0.717) is 0 Å². The Balaban J connectivity index is 3.14. The fourth-order valence-electron chi connectivity index (χ4n) is 3.64. The van der Waals surface area contributed by atoms with Crippen LogP contribution in [0.15, 0.2) is 0 Å². The summed E-state index contributed by atoms with van der Waals surface area (Å²) in [6.45, 7) is 9.89. The van der Waals surface area contributed by atoms with E-state index in [-0.39, 0.29) is 48.3 Å². The van der Waals surface area contributed by atoms with Crippen LogP contribution in [-0.2, 0) is 19.0 Å². The molecule has 0 amide bonds. The Morgan fingerprint density at radius 1 is 1.19 bits per heavy atom. The van der Waals surface area contributed by atoms with Crippen molar-refractivity contribution in [3.05, 3.63) is 0 Å². The zero-order valence-corrected chi connectivity index (χ0v) is 14.1. The van der Waals surface area contributed by atoms with E-state index in [1.165, 1.54) is 6.92 Å².